The van der Waals surface area contributed by atoms with E-state index in [4.69, 9.17) is 11.6 Å². The van der Waals surface area contributed by atoms with Crippen LogP contribution in [0.15, 0.2) is 88.2 Å². The molecule has 0 aromatic heterocycles. The van der Waals surface area contributed by atoms with Gasteiger partial charge in [-0.1, -0.05) is 82.1 Å². The third-order valence-corrected chi connectivity index (χ3v) is 6.75. The molecule has 1 aliphatic rings. The lowest BCUT2D eigenvalue weighted by atomic mass is 9.98. The molecule has 1 heterocycles. The Labute approximate surface area is 186 Å². The van der Waals surface area contributed by atoms with Gasteiger partial charge >= 0.3 is 0 Å². The Hall–Kier alpha value is -2.28. The molecule has 2 amide bonds. The highest BCUT2D eigenvalue weighted by atomic mass is 79.9. The molecule has 1 fully saturated rings. The van der Waals surface area contributed by atoms with Crippen LogP contribution in [0.2, 0.25) is 5.02 Å². The molecule has 1 N–H and O–H groups in total. The first-order valence-corrected chi connectivity index (χ1v) is 10.9. The van der Waals surface area contributed by atoms with Gasteiger partial charge in [0, 0.05) is 9.37 Å². The van der Waals surface area contributed by atoms with Crippen molar-refractivity contribution in [3.8, 4) is 0 Å². The van der Waals surface area contributed by atoms with Crippen LogP contribution in [0, 0.1) is 0 Å². The maximum Gasteiger partial charge on any atom is 0.265 e. The van der Waals surface area contributed by atoms with Crippen molar-refractivity contribution in [3.05, 3.63) is 99.5 Å². The van der Waals surface area contributed by atoms with Crippen LogP contribution >= 0.6 is 39.3 Å². The highest BCUT2D eigenvalue weighted by molar-refractivity contribution is 9.10. The van der Waals surface area contributed by atoms with E-state index in [1.165, 1.54) is 5.01 Å². The highest BCUT2D eigenvalue weighted by Crippen LogP contribution is 2.37. The van der Waals surface area contributed by atoms with Crippen LogP contribution in [-0.2, 0) is 9.59 Å². The number of amides is 2. The highest BCUT2D eigenvalue weighted by Gasteiger charge is 2.44. The number of halogens is 2. The fourth-order valence-corrected chi connectivity index (χ4v) is 4.89. The summed E-state index contributed by atoms with van der Waals surface area (Å²) in [5, 5.41) is 1.05. The van der Waals surface area contributed by atoms with Crippen molar-refractivity contribution in [2.45, 2.75) is 16.2 Å². The molecule has 2 atom stereocenters. The van der Waals surface area contributed by atoms with E-state index in [1.54, 1.807) is 12.1 Å². The molecule has 0 aliphatic carbocycles. The van der Waals surface area contributed by atoms with Crippen LogP contribution in [0.1, 0.15) is 17.2 Å². The monoisotopic (exact) mass is 486 g/mol. The molecule has 29 heavy (non-hydrogen) atoms. The maximum absolute atomic E-state index is 13.3. The van der Waals surface area contributed by atoms with Crippen molar-refractivity contribution in [2.75, 3.05) is 0 Å². The average molecular weight is 488 g/mol. The van der Waals surface area contributed by atoms with Gasteiger partial charge in [-0.3, -0.25) is 15.0 Å². The van der Waals surface area contributed by atoms with Gasteiger partial charge in [-0.25, -0.2) is 5.01 Å². The Morgan fingerprint density at radius 2 is 1.62 bits per heavy atom. The molecule has 3 aromatic carbocycles. The van der Waals surface area contributed by atoms with Crippen LogP contribution in [0.5, 0.6) is 0 Å². The number of thioether (sulfide) groups is 1. The number of hydrazine groups is 1. The SMILES string of the molecule is O=C1NN(C(c2ccccc2)c2cccc(Br)c2)C(=O)C1Sc1ccccc1Cl. The molecule has 7 heteroatoms. The van der Waals surface area contributed by atoms with Crippen molar-refractivity contribution in [1.82, 2.24) is 10.4 Å². The zero-order valence-electron chi connectivity index (χ0n) is 15.1. The van der Waals surface area contributed by atoms with Crippen molar-refractivity contribution in [3.63, 3.8) is 0 Å². The van der Waals surface area contributed by atoms with Crippen LogP contribution in [0.4, 0.5) is 0 Å². The molecule has 1 aliphatic heterocycles. The van der Waals surface area contributed by atoms with Crippen LogP contribution in [0.25, 0.3) is 0 Å². The summed E-state index contributed by atoms with van der Waals surface area (Å²) in [6.07, 6.45) is 0. The molecule has 4 nitrogen and oxygen atoms in total. The zero-order valence-corrected chi connectivity index (χ0v) is 18.2. The van der Waals surface area contributed by atoms with Gasteiger partial charge in [-0.2, -0.15) is 0 Å². The third kappa shape index (κ3) is 4.20. The van der Waals surface area contributed by atoms with Crippen molar-refractivity contribution >= 4 is 51.1 Å². The second kappa shape index (κ2) is 8.61. The minimum atomic E-state index is -0.895. The topological polar surface area (TPSA) is 49.4 Å². The molecule has 0 saturated carbocycles. The number of hydrogen-bond acceptors (Lipinski definition) is 3. The molecular formula is C22H16BrClN2O2S. The molecule has 0 bridgehead atoms. The van der Waals surface area contributed by atoms with Crippen molar-refractivity contribution < 1.29 is 9.59 Å². The first-order valence-electron chi connectivity index (χ1n) is 8.90. The fraction of sp³-hybridized carbons (Fsp3) is 0.0909. The van der Waals surface area contributed by atoms with Gasteiger partial charge in [0.25, 0.3) is 11.8 Å². The molecule has 146 valence electrons. The molecule has 3 aromatic rings. The van der Waals surface area contributed by atoms with E-state index in [2.05, 4.69) is 21.4 Å². The Morgan fingerprint density at radius 3 is 2.34 bits per heavy atom. The zero-order chi connectivity index (χ0) is 20.4. The lowest BCUT2D eigenvalue weighted by molar-refractivity contribution is -0.131. The first-order chi connectivity index (χ1) is 14.0. The summed E-state index contributed by atoms with van der Waals surface area (Å²) >= 11 is 10.9. The smallest absolute Gasteiger partial charge is 0.265 e. The number of nitrogens with zero attached hydrogens (tertiary/aromatic N) is 1. The normalized spacial score (nSPS) is 17.3. The number of carbonyl (C=O) groups is 2. The Bertz CT molecular complexity index is 1060. The maximum atomic E-state index is 13.3. The van der Waals surface area contributed by atoms with Crippen LogP contribution in [-0.4, -0.2) is 22.1 Å². The van der Waals surface area contributed by atoms with E-state index in [1.807, 2.05) is 66.7 Å². The van der Waals surface area contributed by atoms with Gasteiger partial charge in [0.2, 0.25) is 0 Å². The summed E-state index contributed by atoms with van der Waals surface area (Å²) < 4.78 is 0.899. The lowest BCUT2D eigenvalue weighted by Crippen LogP contribution is -2.39. The molecule has 0 radical (unpaired) electrons. The predicted molar refractivity (Wildman–Crippen MR) is 119 cm³/mol. The van der Waals surface area contributed by atoms with E-state index in [0.29, 0.717) is 9.92 Å². The molecule has 0 spiro atoms. The van der Waals surface area contributed by atoms with Crippen LogP contribution < -0.4 is 5.43 Å². The quantitative estimate of drug-likeness (QED) is 0.502. The van der Waals surface area contributed by atoms with Gasteiger partial charge in [0.15, 0.2) is 5.25 Å². The molecular weight excluding hydrogens is 472 g/mol. The molecule has 2 unspecified atom stereocenters. The predicted octanol–water partition coefficient (Wildman–Crippen LogP) is 5.23. The van der Waals surface area contributed by atoms with Crippen molar-refractivity contribution in [1.29, 1.82) is 0 Å². The summed E-state index contributed by atoms with van der Waals surface area (Å²) in [7, 11) is 0. The third-order valence-electron chi connectivity index (χ3n) is 4.55. The van der Waals surface area contributed by atoms with E-state index in [-0.39, 0.29) is 11.8 Å². The fourth-order valence-electron chi connectivity index (χ4n) is 3.24. The standard InChI is InChI=1S/C22H16BrClN2O2S/c23-16-10-6-9-15(13-16)19(14-7-2-1-3-8-14)26-22(28)20(21(27)25-26)29-18-12-5-4-11-17(18)24/h1-13,19-20H,(H,25,27). The van der Waals surface area contributed by atoms with Gasteiger partial charge in [0.05, 0.1) is 5.02 Å². The Balaban J connectivity index is 1.69. The molecule has 1 saturated heterocycles. The molecule has 4 rings (SSSR count). The summed E-state index contributed by atoms with van der Waals surface area (Å²) in [6, 6.07) is 24.1. The van der Waals surface area contributed by atoms with Gasteiger partial charge in [0.1, 0.15) is 6.04 Å². The number of hydrogen-bond donors (Lipinski definition) is 1. The summed E-state index contributed by atoms with van der Waals surface area (Å²) in [5.41, 5.74) is 4.57. The summed E-state index contributed by atoms with van der Waals surface area (Å²) in [6.45, 7) is 0. The lowest BCUT2D eigenvalue weighted by Gasteiger charge is -2.28. The van der Waals surface area contributed by atoms with E-state index >= 15 is 0 Å². The van der Waals surface area contributed by atoms with Gasteiger partial charge in [-0.05, 0) is 35.4 Å². The van der Waals surface area contributed by atoms with E-state index in [0.717, 1.165) is 27.4 Å². The summed E-state index contributed by atoms with van der Waals surface area (Å²) in [4.78, 5) is 26.7. The number of carbonyl (C=O) groups excluding carboxylic acids is 2. The van der Waals surface area contributed by atoms with Gasteiger partial charge in [-0.15, -0.1) is 11.8 Å². The Kier molecular flexibility index (Phi) is 5.94. The Morgan fingerprint density at radius 1 is 0.931 bits per heavy atom. The second-order valence-corrected chi connectivity index (χ2v) is 8.95. The largest absolute Gasteiger partial charge is 0.271 e. The number of benzene rings is 3. The number of nitrogens with one attached hydrogen (secondary N) is 1. The summed E-state index contributed by atoms with van der Waals surface area (Å²) in [5.74, 6) is -0.649. The minimum absolute atomic E-state index is 0.297. The van der Waals surface area contributed by atoms with E-state index < -0.39 is 11.3 Å². The second-order valence-electron chi connectivity index (χ2n) is 6.48. The van der Waals surface area contributed by atoms with E-state index in [9.17, 15) is 9.59 Å². The average Bonchev–Trinajstić information content (AvgIpc) is 2.99. The van der Waals surface area contributed by atoms with Crippen LogP contribution in [0.3, 0.4) is 0 Å². The van der Waals surface area contributed by atoms with Gasteiger partial charge < -0.3 is 0 Å². The minimum Gasteiger partial charge on any atom is -0.271 e. The number of rotatable bonds is 5. The first kappa shape index (κ1) is 20.0. The van der Waals surface area contributed by atoms with Crippen molar-refractivity contribution in [2.24, 2.45) is 0 Å².